The second-order valence-corrected chi connectivity index (χ2v) is 2.52. The van der Waals surface area contributed by atoms with E-state index in [4.69, 9.17) is 0 Å². The average Bonchev–Trinajstić information content (AvgIpc) is 1.99. The number of alkyl halides is 3. The third kappa shape index (κ3) is 5.34. The number of carbonyl (C=O) groups excluding carboxylic acids is 1. The van der Waals surface area contributed by atoms with Gasteiger partial charge >= 0.3 is 6.18 Å². The maximum absolute atomic E-state index is 12.6. The number of amides is 1. The molecule has 0 atom stereocenters. The molecule has 0 saturated carbocycles. The van der Waals surface area contributed by atoms with Gasteiger partial charge in [-0.3, -0.25) is 4.79 Å². The molecular formula is C8H9F4NO. The summed E-state index contributed by atoms with van der Waals surface area (Å²) in [5, 5.41) is 1.76. The predicted octanol–water partition coefficient (Wildman–Crippen LogP) is 2.44. The van der Waals surface area contributed by atoms with Crippen LogP contribution in [-0.4, -0.2) is 12.1 Å². The van der Waals surface area contributed by atoms with Gasteiger partial charge in [-0.15, -0.1) is 0 Å². The van der Waals surface area contributed by atoms with Crippen LogP contribution in [0, 0.1) is 0 Å². The number of halogens is 4. The largest absolute Gasteiger partial charge is 0.397 e. The summed E-state index contributed by atoms with van der Waals surface area (Å²) in [5.74, 6) is -2.16. The van der Waals surface area contributed by atoms with Gasteiger partial charge in [0.05, 0.1) is 5.70 Å². The van der Waals surface area contributed by atoms with Crippen LogP contribution in [-0.2, 0) is 4.79 Å². The van der Waals surface area contributed by atoms with Gasteiger partial charge in [-0.25, -0.2) is 4.39 Å². The van der Waals surface area contributed by atoms with Crippen molar-refractivity contribution in [3.63, 3.8) is 0 Å². The molecule has 1 amide bonds. The lowest BCUT2D eigenvalue weighted by atomic mass is 10.3. The first-order valence-corrected chi connectivity index (χ1v) is 3.61. The first kappa shape index (κ1) is 12.7. The SMILES string of the molecule is C=CC(F)=C(C)NC(=O)CC(F)(F)F. The minimum atomic E-state index is -4.59. The van der Waals surface area contributed by atoms with E-state index in [-0.39, 0.29) is 5.70 Å². The van der Waals surface area contributed by atoms with Crippen LogP contribution in [0.1, 0.15) is 13.3 Å². The first-order valence-electron chi connectivity index (χ1n) is 3.61. The van der Waals surface area contributed by atoms with E-state index in [0.717, 1.165) is 13.0 Å². The normalized spacial score (nSPS) is 13.2. The molecule has 1 N–H and O–H groups in total. The lowest BCUT2D eigenvalue weighted by Crippen LogP contribution is -2.27. The van der Waals surface area contributed by atoms with Gasteiger partial charge < -0.3 is 5.32 Å². The van der Waals surface area contributed by atoms with Crippen LogP contribution in [0.25, 0.3) is 0 Å². The lowest BCUT2D eigenvalue weighted by Gasteiger charge is -2.07. The molecule has 14 heavy (non-hydrogen) atoms. The quantitative estimate of drug-likeness (QED) is 0.563. The summed E-state index contributed by atoms with van der Waals surface area (Å²) in [7, 11) is 0. The molecule has 0 unspecified atom stereocenters. The van der Waals surface area contributed by atoms with Gasteiger partial charge in [0.2, 0.25) is 5.91 Å². The zero-order chi connectivity index (χ0) is 11.4. The highest BCUT2D eigenvalue weighted by Gasteiger charge is 2.31. The Balaban J connectivity index is 4.28. The highest BCUT2D eigenvalue weighted by atomic mass is 19.4. The summed E-state index contributed by atoms with van der Waals surface area (Å²) >= 11 is 0. The molecular weight excluding hydrogens is 202 g/mol. The van der Waals surface area contributed by atoms with E-state index in [9.17, 15) is 22.4 Å². The van der Waals surface area contributed by atoms with Gasteiger partial charge in [0.25, 0.3) is 0 Å². The second kappa shape index (κ2) is 4.78. The minimum Gasteiger partial charge on any atom is -0.327 e. The van der Waals surface area contributed by atoms with Crippen molar-refractivity contribution in [2.24, 2.45) is 0 Å². The molecule has 0 fully saturated rings. The van der Waals surface area contributed by atoms with E-state index < -0.39 is 24.3 Å². The molecule has 0 rings (SSSR count). The molecule has 0 aromatic carbocycles. The first-order chi connectivity index (χ1) is 6.26. The maximum atomic E-state index is 12.6. The zero-order valence-corrected chi connectivity index (χ0v) is 7.41. The molecule has 6 heteroatoms. The summed E-state index contributed by atoms with van der Waals surface area (Å²) in [6.07, 6.45) is -5.42. The van der Waals surface area contributed by atoms with Crippen molar-refractivity contribution < 1.29 is 22.4 Å². The fraction of sp³-hybridized carbons (Fsp3) is 0.375. The molecule has 2 nitrogen and oxygen atoms in total. The van der Waals surface area contributed by atoms with Crippen LogP contribution in [0.5, 0.6) is 0 Å². The van der Waals surface area contributed by atoms with Crippen molar-refractivity contribution >= 4 is 5.91 Å². The van der Waals surface area contributed by atoms with Crippen LogP contribution in [0.3, 0.4) is 0 Å². The van der Waals surface area contributed by atoms with Crippen molar-refractivity contribution in [3.05, 3.63) is 24.2 Å². The molecule has 0 aliphatic carbocycles. The smallest absolute Gasteiger partial charge is 0.327 e. The summed E-state index contributed by atoms with van der Waals surface area (Å²) in [6, 6.07) is 0. The number of nitrogens with one attached hydrogen (secondary N) is 1. The molecule has 0 aliphatic rings. The van der Waals surface area contributed by atoms with Gasteiger partial charge in [0, 0.05) is 0 Å². The molecule has 80 valence electrons. The van der Waals surface area contributed by atoms with Gasteiger partial charge in [-0.1, -0.05) is 6.58 Å². The molecule has 0 aromatic rings. The molecule has 0 aromatic heterocycles. The second-order valence-electron chi connectivity index (χ2n) is 2.52. The predicted molar refractivity (Wildman–Crippen MR) is 42.8 cm³/mol. The van der Waals surface area contributed by atoms with Crippen LogP contribution in [0.2, 0.25) is 0 Å². The van der Waals surface area contributed by atoms with E-state index in [1.54, 1.807) is 5.32 Å². The van der Waals surface area contributed by atoms with Crippen LogP contribution >= 0.6 is 0 Å². The summed E-state index contributed by atoms with van der Waals surface area (Å²) in [6.45, 7) is 4.20. The third-order valence-corrected chi connectivity index (χ3v) is 1.23. The summed E-state index contributed by atoms with van der Waals surface area (Å²) in [4.78, 5) is 10.6. The Bertz CT molecular complexity index is 267. The van der Waals surface area contributed by atoms with E-state index in [0.29, 0.717) is 0 Å². The van der Waals surface area contributed by atoms with Gasteiger partial charge in [0.1, 0.15) is 12.2 Å². The van der Waals surface area contributed by atoms with Gasteiger partial charge in [-0.05, 0) is 13.0 Å². The fourth-order valence-electron chi connectivity index (χ4n) is 0.648. The number of rotatable bonds is 3. The summed E-state index contributed by atoms with van der Waals surface area (Å²) in [5.41, 5.74) is -0.283. The Labute approximate surface area is 78.3 Å². The molecule has 0 radical (unpaired) electrons. The highest BCUT2D eigenvalue weighted by Crippen LogP contribution is 2.19. The van der Waals surface area contributed by atoms with Crippen LogP contribution in [0.15, 0.2) is 24.2 Å². The number of hydrogen-bond donors (Lipinski definition) is 1. The molecule has 0 spiro atoms. The van der Waals surface area contributed by atoms with E-state index in [1.807, 2.05) is 0 Å². The highest BCUT2D eigenvalue weighted by molar-refractivity contribution is 5.78. The number of hydrogen-bond acceptors (Lipinski definition) is 1. The van der Waals surface area contributed by atoms with Crippen molar-refractivity contribution in [2.75, 3.05) is 0 Å². The van der Waals surface area contributed by atoms with Crippen molar-refractivity contribution in [2.45, 2.75) is 19.5 Å². The Morgan fingerprint density at radius 2 is 2.00 bits per heavy atom. The Morgan fingerprint density at radius 3 is 2.36 bits per heavy atom. The number of carbonyl (C=O) groups is 1. The Hall–Kier alpha value is -1.33. The average molecular weight is 211 g/mol. The topological polar surface area (TPSA) is 29.1 Å². The van der Waals surface area contributed by atoms with Crippen molar-refractivity contribution in [1.29, 1.82) is 0 Å². The Kier molecular flexibility index (Phi) is 4.33. The van der Waals surface area contributed by atoms with Gasteiger partial charge in [-0.2, -0.15) is 13.2 Å². The zero-order valence-electron chi connectivity index (χ0n) is 7.41. The van der Waals surface area contributed by atoms with Gasteiger partial charge in [0.15, 0.2) is 0 Å². The van der Waals surface area contributed by atoms with Crippen molar-refractivity contribution in [1.82, 2.24) is 5.32 Å². The molecule has 0 saturated heterocycles. The Morgan fingerprint density at radius 1 is 1.50 bits per heavy atom. The van der Waals surface area contributed by atoms with Crippen LogP contribution in [0.4, 0.5) is 17.6 Å². The van der Waals surface area contributed by atoms with Crippen molar-refractivity contribution in [3.8, 4) is 0 Å². The van der Waals surface area contributed by atoms with E-state index in [2.05, 4.69) is 6.58 Å². The molecule has 0 heterocycles. The maximum Gasteiger partial charge on any atom is 0.397 e. The van der Waals surface area contributed by atoms with Crippen LogP contribution < -0.4 is 5.32 Å². The van der Waals surface area contributed by atoms with E-state index in [1.165, 1.54) is 0 Å². The summed E-state index contributed by atoms with van der Waals surface area (Å²) < 4.78 is 47.5. The molecule has 0 bridgehead atoms. The lowest BCUT2D eigenvalue weighted by molar-refractivity contribution is -0.153. The standard InChI is InChI=1S/C8H9F4NO/c1-3-6(9)5(2)13-7(14)4-8(10,11)12/h3H,1,4H2,2H3,(H,13,14). The monoisotopic (exact) mass is 211 g/mol. The number of allylic oxidation sites excluding steroid dienone is 3. The minimum absolute atomic E-state index is 0.283. The van der Waals surface area contributed by atoms with E-state index >= 15 is 0 Å². The molecule has 0 aliphatic heterocycles. The third-order valence-electron chi connectivity index (χ3n) is 1.23. The fourth-order valence-corrected chi connectivity index (χ4v) is 0.648.